The van der Waals surface area contributed by atoms with Crippen molar-refractivity contribution in [3.63, 3.8) is 0 Å². The number of carboxylic acid groups (broad SMARTS) is 1. The third-order valence-corrected chi connectivity index (χ3v) is 2.07. The van der Waals surface area contributed by atoms with E-state index in [0.29, 0.717) is 0 Å². The summed E-state index contributed by atoms with van der Waals surface area (Å²) in [6, 6.07) is 0. The van der Waals surface area contributed by atoms with Crippen molar-refractivity contribution in [1.29, 1.82) is 0 Å². The summed E-state index contributed by atoms with van der Waals surface area (Å²) in [4.78, 5) is 21.7. The summed E-state index contributed by atoms with van der Waals surface area (Å²) in [6.45, 7) is 1.17. The number of ketones is 1. The SMILES string of the molecule is CC(=O)C1(O)C=CC=CC1C(=O)O.[Mg]. The van der Waals surface area contributed by atoms with Gasteiger partial charge in [-0.2, -0.15) is 0 Å². The molecule has 0 fully saturated rings. The highest BCUT2D eigenvalue weighted by Crippen LogP contribution is 2.25. The summed E-state index contributed by atoms with van der Waals surface area (Å²) in [7, 11) is 0. The molecule has 0 saturated heterocycles. The van der Waals surface area contributed by atoms with E-state index in [-0.39, 0.29) is 23.1 Å². The zero-order valence-electron chi connectivity index (χ0n) is 7.80. The van der Waals surface area contributed by atoms with Gasteiger partial charge in [0.2, 0.25) is 0 Å². The summed E-state index contributed by atoms with van der Waals surface area (Å²) < 4.78 is 0. The Kier molecular flexibility index (Phi) is 4.50. The Morgan fingerprint density at radius 3 is 2.29 bits per heavy atom. The van der Waals surface area contributed by atoms with Gasteiger partial charge >= 0.3 is 5.97 Å². The molecular formula is C9H10MgO4. The fourth-order valence-corrected chi connectivity index (χ4v) is 1.23. The van der Waals surface area contributed by atoms with Crippen molar-refractivity contribution in [1.82, 2.24) is 0 Å². The fourth-order valence-electron chi connectivity index (χ4n) is 1.23. The van der Waals surface area contributed by atoms with E-state index in [0.717, 1.165) is 0 Å². The van der Waals surface area contributed by atoms with E-state index in [4.69, 9.17) is 5.11 Å². The molecule has 2 atom stereocenters. The van der Waals surface area contributed by atoms with Gasteiger partial charge < -0.3 is 10.2 Å². The smallest absolute Gasteiger partial charge is 0.314 e. The minimum absolute atomic E-state index is 0. The molecule has 1 aliphatic carbocycles. The first-order valence-corrected chi connectivity index (χ1v) is 3.80. The van der Waals surface area contributed by atoms with Crippen LogP contribution in [0.5, 0.6) is 0 Å². The predicted molar refractivity (Wildman–Crippen MR) is 50.8 cm³/mol. The van der Waals surface area contributed by atoms with E-state index < -0.39 is 23.3 Å². The molecule has 0 spiro atoms. The van der Waals surface area contributed by atoms with Gasteiger partial charge in [0.25, 0.3) is 0 Å². The molecule has 72 valence electrons. The summed E-state index contributed by atoms with van der Waals surface area (Å²) in [6.07, 6.45) is 5.45. The van der Waals surface area contributed by atoms with Crippen LogP contribution < -0.4 is 0 Å². The summed E-state index contributed by atoms with van der Waals surface area (Å²) in [5.41, 5.74) is -1.89. The lowest BCUT2D eigenvalue weighted by molar-refractivity contribution is -0.152. The largest absolute Gasteiger partial charge is 0.481 e. The number of allylic oxidation sites excluding steroid dienone is 2. The normalized spacial score (nSPS) is 29.4. The summed E-state index contributed by atoms with van der Waals surface area (Å²) >= 11 is 0. The number of carboxylic acids is 1. The molecule has 2 unspecified atom stereocenters. The predicted octanol–water partition coefficient (Wildman–Crippen LogP) is -0.248. The topological polar surface area (TPSA) is 74.6 Å². The number of carbonyl (C=O) groups excluding carboxylic acids is 1. The van der Waals surface area contributed by atoms with Crippen LogP contribution in [0.15, 0.2) is 24.3 Å². The molecule has 0 saturated carbocycles. The lowest BCUT2D eigenvalue weighted by Crippen LogP contribution is -2.46. The molecule has 14 heavy (non-hydrogen) atoms. The first kappa shape index (κ1) is 13.3. The van der Waals surface area contributed by atoms with E-state index in [2.05, 4.69) is 0 Å². The van der Waals surface area contributed by atoms with Crippen LogP contribution in [-0.4, -0.2) is 50.6 Å². The molecule has 2 N–H and O–H groups in total. The average molecular weight is 206 g/mol. The fraction of sp³-hybridized carbons (Fsp3) is 0.333. The lowest BCUT2D eigenvalue weighted by Gasteiger charge is -2.27. The molecule has 0 aromatic carbocycles. The zero-order valence-corrected chi connectivity index (χ0v) is 9.22. The second-order valence-corrected chi connectivity index (χ2v) is 2.94. The summed E-state index contributed by atoms with van der Waals surface area (Å²) in [5, 5.41) is 18.4. The quantitative estimate of drug-likeness (QED) is 0.611. The molecule has 1 rings (SSSR count). The number of rotatable bonds is 2. The molecule has 4 nitrogen and oxygen atoms in total. The van der Waals surface area contributed by atoms with Crippen LogP contribution in [0.2, 0.25) is 0 Å². The van der Waals surface area contributed by atoms with Gasteiger partial charge in [0.15, 0.2) is 11.4 Å². The van der Waals surface area contributed by atoms with E-state index in [1.54, 1.807) is 0 Å². The van der Waals surface area contributed by atoms with Crippen LogP contribution in [0, 0.1) is 5.92 Å². The monoisotopic (exact) mass is 206 g/mol. The van der Waals surface area contributed by atoms with Crippen molar-refractivity contribution in [3.8, 4) is 0 Å². The number of carbonyl (C=O) groups is 2. The Hall–Kier alpha value is -0.654. The number of hydrogen-bond donors (Lipinski definition) is 2. The Morgan fingerprint density at radius 2 is 1.93 bits per heavy atom. The van der Waals surface area contributed by atoms with Crippen molar-refractivity contribution >= 4 is 34.8 Å². The van der Waals surface area contributed by atoms with Gasteiger partial charge in [-0.05, 0) is 13.0 Å². The molecule has 0 amide bonds. The van der Waals surface area contributed by atoms with Gasteiger partial charge in [0.1, 0.15) is 5.92 Å². The Bertz CT molecular complexity index is 308. The van der Waals surface area contributed by atoms with E-state index in [1.807, 2.05) is 0 Å². The molecule has 5 heteroatoms. The first-order valence-electron chi connectivity index (χ1n) is 3.80. The molecule has 1 aliphatic rings. The molecule has 2 radical (unpaired) electrons. The zero-order chi connectivity index (χ0) is 10.1. The van der Waals surface area contributed by atoms with E-state index in [9.17, 15) is 14.7 Å². The van der Waals surface area contributed by atoms with Gasteiger partial charge in [-0.15, -0.1) is 0 Å². The number of hydrogen-bond acceptors (Lipinski definition) is 3. The second-order valence-electron chi connectivity index (χ2n) is 2.94. The molecule has 0 aromatic heterocycles. The van der Waals surface area contributed by atoms with Gasteiger partial charge in [0.05, 0.1) is 0 Å². The van der Waals surface area contributed by atoms with Crippen LogP contribution in [0.25, 0.3) is 0 Å². The van der Waals surface area contributed by atoms with Gasteiger partial charge in [0, 0.05) is 23.1 Å². The van der Waals surface area contributed by atoms with Gasteiger partial charge in [-0.25, -0.2) is 0 Å². The average Bonchev–Trinajstić information content (AvgIpc) is 2.04. The maximum absolute atomic E-state index is 11.0. The summed E-state index contributed by atoms with van der Waals surface area (Å²) in [5.74, 6) is -2.96. The Morgan fingerprint density at radius 1 is 1.36 bits per heavy atom. The number of Topliss-reactive ketones (excluding diaryl/α,β-unsaturated/α-hetero) is 1. The highest BCUT2D eigenvalue weighted by molar-refractivity contribution is 5.93. The molecule has 0 aliphatic heterocycles. The van der Waals surface area contributed by atoms with E-state index in [1.165, 1.54) is 31.2 Å². The van der Waals surface area contributed by atoms with Gasteiger partial charge in [-0.3, -0.25) is 9.59 Å². The first-order chi connectivity index (χ1) is 5.98. The van der Waals surface area contributed by atoms with Crippen molar-refractivity contribution in [2.24, 2.45) is 5.92 Å². The van der Waals surface area contributed by atoms with Crippen LogP contribution in [0.3, 0.4) is 0 Å². The van der Waals surface area contributed by atoms with Crippen molar-refractivity contribution < 1.29 is 19.8 Å². The van der Waals surface area contributed by atoms with E-state index >= 15 is 0 Å². The van der Waals surface area contributed by atoms with Crippen LogP contribution >= 0.6 is 0 Å². The van der Waals surface area contributed by atoms with Crippen molar-refractivity contribution in [2.75, 3.05) is 0 Å². The molecule has 0 bridgehead atoms. The lowest BCUT2D eigenvalue weighted by atomic mass is 9.81. The number of aliphatic hydroxyl groups is 1. The minimum Gasteiger partial charge on any atom is -0.481 e. The maximum Gasteiger partial charge on any atom is 0.314 e. The molecule has 0 aromatic rings. The standard InChI is InChI=1S/C9H10O4.Mg/c1-6(10)9(13)5-3-2-4-7(9)8(11)12;/h2-5,7,13H,1H3,(H,11,12);. The Labute approximate surface area is 97.5 Å². The minimum atomic E-state index is -1.89. The van der Waals surface area contributed by atoms with Crippen LogP contribution in [-0.2, 0) is 9.59 Å². The molecule has 0 heterocycles. The third kappa shape index (κ3) is 2.23. The van der Waals surface area contributed by atoms with Crippen LogP contribution in [0.4, 0.5) is 0 Å². The second kappa shape index (κ2) is 4.72. The van der Waals surface area contributed by atoms with Crippen molar-refractivity contribution in [3.05, 3.63) is 24.3 Å². The molecular weight excluding hydrogens is 196 g/mol. The highest BCUT2D eigenvalue weighted by atomic mass is 24.3. The third-order valence-electron chi connectivity index (χ3n) is 2.07. The van der Waals surface area contributed by atoms with Crippen molar-refractivity contribution in [2.45, 2.75) is 12.5 Å². The Balaban J connectivity index is 0.00000169. The highest BCUT2D eigenvalue weighted by Gasteiger charge is 2.43. The van der Waals surface area contributed by atoms with Gasteiger partial charge in [-0.1, -0.05) is 18.2 Å². The number of aliphatic carboxylic acids is 1. The maximum atomic E-state index is 11.0. The van der Waals surface area contributed by atoms with Crippen LogP contribution in [0.1, 0.15) is 6.92 Å².